The Labute approximate surface area is 83.0 Å². The molecule has 1 rings (SSSR count). The van der Waals surface area contributed by atoms with Gasteiger partial charge in [0, 0.05) is 6.42 Å². The summed E-state index contributed by atoms with van der Waals surface area (Å²) >= 11 is 0. The molecule has 0 saturated heterocycles. The van der Waals surface area contributed by atoms with Crippen LogP contribution in [0.15, 0.2) is 4.42 Å². The van der Waals surface area contributed by atoms with Gasteiger partial charge in [-0.15, -0.1) is 0 Å². The number of aromatic nitrogens is 1. The predicted molar refractivity (Wildman–Crippen MR) is 51.4 cm³/mol. The van der Waals surface area contributed by atoms with E-state index in [1.54, 1.807) is 6.92 Å². The molecule has 0 atom stereocenters. The molecule has 4 heteroatoms. The van der Waals surface area contributed by atoms with Crippen molar-refractivity contribution < 1.29 is 14.3 Å². The topological polar surface area (TPSA) is 63.3 Å². The van der Waals surface area contributed by atoms with Crippen LogP contribution in [-0.2, 0) is 6.42 Å². The van der Waals surface area contributed by atoms with Crippen molar-refractivity contribution in [2.24, 2.45) is 5.92 Å². The third-order valence-corrected chi connectivity index (χ3v) is 1.98. The first-order valence-corrected chi connectivity index (χ1v) is 4.70. The maximum absolute atomic E-state index is 10.7. The zero-order chi connectivity index (χ0) is 10.7. The number of aromatic carboxylic acids is 1. The first-order valence-electron chi connectivity index (χ1n) is 4.70. The van der Waals surface area contributed by atoms with Crippen LogP contribution >= 0.6 is 0 Å². The normalized spacial score (nSPS) is 10.9. The molecular formula is C10H15NO3. The molecule has 0 spiro atoms. The molecule has 0 aliphatic carbocycles. The van der Waals surface area contributed by atoms with Crippen LogP contribution in [0.5, 0.6) is 0 Å². The highest BCUT2D eigenvalue weighted by Crippen LogP contribution is 2.13. The fraction of sp³-hybridized carbons (Fsp3) is 0.600. The Bertz CT molecular complexity index is 328. The summed E-state index contributed by atoms with van der Waals surface area (Å²) < 4.78 is 5.23. The van der Waals surface area contributed by atoms with Crippen molar-refractivity contribution in [3.8, 4) is 0 Å². The van der Waals surface area contributed by atoms with E-state index >= 15 is 0 Å². The summed E-state index contributed by atoms with van der Waals surface area (Å²) in [6.45, 7) is 5.83. The Hall–Kier alpha value is -1.32. The number of hydrogen-bond acceptors (Lipinski definition) is 3. The number of carboxylic acid groups (broad SMARTS) is 1. The number of carbonyl (C=O) groups is 1. The number of carboxylic acids is 1. The van der Waals surface area contributed by atoms with Gasteiger partial charge >= 0.3 is 5.97 Å². The van der Waals surface area contributed by atoms with Gasteiger partial charge in [-0.3, -0.25) is 0 Å². The van der Waals surface area contributed by atoms with Crippen LogP contribution < -0.4 is 0 Å². The smallest absolute Gasteiger partial charge is 0.358 e. The lowest BCUT2D eigenvalue weighted by molar-refractivity contribution is 0.0689. The Morgan fingerprint density at radius 2 is 2.21 bits per heavy atom. The molecule has 0 saturated carbocycles. The summed E-state index contributed by atoms with van der Waals surface area (Å²) in [6.07, 6.45) is 1.66. The average molecular weight is 197 g/mol. The molecule has 78 valence electrons. The van der Waals surface area contributed by atoms with E-state index in [0.717, 1.165) is 6.42 Å². The fourth-order valence-electron chi connectivity index (χ4n) is 1.17. The van der Waals surface area contributed by atoms with Gasteiger partial charge in [0.25, 0.3) is 0 Å². The molecule has 0 aliphatic rings. The van der Waals surface area contributed by atoms with Crippen molar-refractivity contribution in [1.29, 1.82) is 0 Å². The monoisotopic (exact) mass is 197 g/mol. The second kappa shape index (κ2) is 4.26. The molecule has 1 aromatic heterocycles. The number of hydrogen-bond donors (Lipinski definition) is 1. The molecule has 0 fully saturated rings. The van der Waals surface area contributed by atoms with E-state index in [1.165, 1.54) is 0 Å². The minimum Gasteiger partial charge on any atom is -0.476 e. The number of nitrogens with zero attached hydrogens (tertiary/aromatic N) is 1. The van der Waals surface area contributed by atoms with Crippen molar-refractivity contribution in [3.05, 3.63) is 17.3 Å². The molecule has 4 nitrogen and oxygen atoms in total. The minimum atomic E-state index is -1.03. The van der Waals surface area contributed by atoms with Gasteiger partial charge in [-0.05, 0) is 19.3 Å². The van der Waals surface area contributed by atoms with Gasteiger partial charge in [0.05, 0.1) is 0 Å². The van der Waals surface area contributed by atoms with Crippen molar-refractivity contribution in [2.45, 2.75) is 33.6 Å². The lowest BCUT2D eigenvalue weighted by atomic mass is 10.1. The first kappa shape index (κ1) is 10.8. The zero-order valence-corrected chi connectivity index (χ0v) is 8.70. The van der Waals surface area contributed by atoms with Crippen molar-refractivity contribution >= 4 is 5.97 Å². The Morgan fingerprint density at radius 3 is 2.64 bits per heavy atom. The first-order chi connectivity index (χ1) is 6.50. The summed E-state index contributed by atoms with van der Waals surface area (Å²) in [5.41, 5.74) is 0.0313. The van der Waals surface area contributed by atoms with Crippen LogP contribution in [0, 0.1) is 12.8 Å². The van der Waals surface area contributed by atoms with E-state index in [9.17, 15) is 4.79 Å². The van der Waals surface area contributed by atoms with E-state index in [4.69, 9.17) is 9.52 Å². The van der Waals surface area contributed by atoms with Crippen LogP contribution in [0.3, 0.4) is 0 Å². The van der Waals surface area contributed by atoms with Crippen molar-refractivity contribution in [3.63, 3.8) is 0 Å². The van der Waals surface area contributed by atoms with Gasteiger partial charge in [-0.25, -0.2) is 9.78 Å². The third-order valence-electron chi connectivity index (χ3n) is 1.98. The van der Waals surface area contributed by atoms with Crippen LogP contribution in [0.1, 0.15) is 42.4 Å². The molecule has 0 aromatic carbocycles. The molecule has 1 N–H and O–H groups in total. The zero-order valence-electron chi connectivity index (χ0n) is 8.70. The standard InChI is InChI=1S/C10H15NO3/c1-6(2)4-5-8-11-9(10(12)13)7(3)14-8/h6H,4-5H2,1-3H3,(H,12,13). The molecular weight excluding hydrogens is 182 g/mol. The molecule has 14 heavy (non-hydrogen) atoms. The molecule has 0 bridgehead atoms. The maximum Gasteiger partial charge on any atom is 0.358 e. The lowest BCUT2D eigenvalue weighted by Gasteiger charge is -1.99. The van der Waals surface area contributed by atoms with Gasteiger partial charge < -0.3 is 9.52 Å². The quantitative estimate of drug-likeness (QED) is 0.804. The van der Waals surface area contributed by atoms with E-state index in [1.807, 2.05) is 0 Å². The number of rotatable bonds is 4. The Balaban J connectivity index is 2.71. The molecule has 1 heterocycles. The molecule has 0 aliphatic heterocycles. The van der Waals surface area contributed by atoms with Gasteiger partial charge in [0.2, 0.25) is 0 Å². The maximum atomic E-state index is 10.7. The number of oxazole rings is 1. The fourth-order valence-corrected chi connectivity index (χ4v) is 1.17. The second-order valence-electron chi connectivity index (χ2n) is 3.75. The van der Waals surface area contributed by atoms with Gasteiger partial charge in [0.1, 0.15) is 5.76 Å². The Kier molecular flexibility index (Phi) is 3.28. The minimum absolute atomic E-state index is 0.0313. The lowest BCUT2D eigenvalue weighted by Crippen LogP contribution is -1.99. The van der Waals surface area contributed by atoms with E-state index < -0.39 is 5.97 Å². The highest BCUT2D eigenvalue weighted by molar-refractivity contribution is 5.86. The molecule has 0 unspecified atom stereocenters. The third kappa shape index (κ3) is 2.58. The highest BCUT2D eigenvalue weighted by atomic mass is 16.4. The van der Waals surface area contributed by atoms with Crippen LogP contribution in [0.2, 0.25) is 0 Å². The van der Waals surface area contributed by atoms with Crippen molar-refractivity contribution in [1.82, 2.24) is 4.98 Å². The van der Waals surface area contributed by atoms with E-state index in [2.05, 4.69) is 18.8 Å². The van der Waals surface area contributed by atoms with Gasteiger partial charge in [-0.1, -0.05) is 13.8 Å². The largest absolute Gasteiger partial charge is 0.476 e. The van der Waals surface area contributed by atoms with Gasteiger partial charge in [-0.2, -0.15) is 0 Å². The van der Waals surface area contributed by atoms with Crippen LogP contribution in [-0.4, -0.2) is 16.1 Å². The van der Waals surface area contributed by atoms with Crippen LogP contribution in [0.4, 0.5) is 0 Å². The predicted octanol–water partition coefficient (Wildman–Crippen LogP) is 2.27. The molecule has 1 aromatic rings. The number of aryl methyl sites for hydroxylation is 2. The summed E-state index contributed by atoms with van der Waals surface area (Å²) in [4.78, 5) is 14.6. The summed E-state index contributed by atoms with van der Waals surface area (Å²) in [6, 6.07) is 0. The van der Waals surface area contributed by atoms with Crippen molar-refractivity contribution in [2.75, 3.05) is 0 Å². The summed E-state index contributed by atoms with van der Waals surface area (Å²) in [5, 5.41) is 8.73. The summed E-state index contributed by atoms with van der Waals surface area (Å²) in [7, 11) is 0. The summed E-state index contributed by atoms with van der Waals surface area (Å²) in [5.74, 6) is 0.447. The second-order valence-corrected chi connectivity index (χ2v) is 3.75. The average Bonchev–Trinajstić information content (AvgIpc) is 2.43. The van der Waals surface area contributed by atoms with E-state index in [-0.39, 0.29) is 5.69 Å². The SMILES string of the molecule is Cc1oc(CCC(C)C)nc1C(=O)O. The Morgan fingerprint density at radius 1 is 1.57 bits per heavy atom. The van der Waals surface area contributed by atoms with E-state index in [0.29, 0.717) is 24.0 Å². The molecule has 0 amide bonds. The highest BCUT2D eigenvalue weighted by Gasteiger charge is 2.15. The van der Waals surface area contributed by atoms with Crippen LogP contribution in [0.25, 0.3) is 0 Å². The van der Waals surface area contributed by atoms with Gasteiger partial charge in [0.15, 0.2) is 11.6 Å². The molecule has 0 radical (unpaired) electrons.